The van der Waals surface area contributed by atoms with Gasteiger partial charge in [-0.3, -0.25) is 25.0 Å². The number of nitro groups is 1. The molecule has 0 aliphatic carbocycles. The summed E-state index contributed by atoms with van der Waals surface area (Å²) >= 11 is 5.35. The molecule has 4 rings (SSSR count). The highest BCUT2D eigenvalue weighted by Gasteiger charge is 2.24. The molecule has 2 aromatic carbocycles. The van der Waals surface area contributed by atoms with Gasteiger partial charge in [-0.2, -0.15) is 0 Å². The molecule has 2 saturated heterocycles. The molecule has 0 aromatic heterocycles. The van der Waals surface area contributed by atoms with Crippen LogP contribution in [-0.4, -0.2) is 79.2 Å². The smallest absolute Gasteiger partial charge is 0.270 e. The van der Waals surface area contributed by atoms with Gasteiger partial charge < -0.3 is 24.8 Å². The van der Waals surface area contributed by atoms with Gasteiger partial charge in [0, 0.05) is 68.7 Å². The van der Waals surface area contributed by atoms with Crippen LogP contribution in [0.1, 0.15) is 24.2 Å². The highest BCUT2D eigenvalue weighted by Crippen LogP contribution is 2.27. The van der Waals surface area contributed by atoms with Crippen LogP contribution in [0.2, 0.25) is 0 Å². The van der Waals surface area contributed by atoms with E-state index >= 15 is 0 Å². The number of nitro benzene ring substituents is 1. The Morgan fingerprint density at radius 2 is 1.63 bits per heavy atom. The minimum Gasteiger partial charge on any atom is -0.378 e. The molecule has 2 aromatic rings. The summed E-state index contributed by atoms with van der Waals surface area (Å²) in [6.45, 7) is 8.92. The Morgan fingerprint density at radius 3 is 2.24 bits per heavy atom. The van der Waals surface area contributed by atoms with E-state index in [0.717, 1.165) is 18.8 Å². The number of amides is 2. The molecule has 0 saturated carbocycles. The molecular weight excluding hydrogens is 508 g/mol. The molecule has 2 heterocycles. The Kier molecular flexibility index (Phi) is 8.74. The fourth-order valence-corrected chi connectivity index (χ4v) is 4.75. The highest BCUT2D eigenvalue weighted by atomic mass is 32.1. The van der Waals surface area contributed by atoms with Gasteiger partial charge in [-0.05, 0) is 42.5 Å². The fraction of sp³-hybridized carbons (Fsp3) is 0.423. The molecule has 2 aliphatic heterocycles. The van der Waals surface area contributed by atoms with Crippen LogP contribution in [0.25, 0.3) is 0 Å². The van der Waals surface area contributed by atoms with Crippen molar-refractivity contribution in [2.24, 2.45) is 5.92 Å². The van der Waals surface area contributed by atoms with E-state index in [2.05, 4.69) is 15.5 Å². The maximum absolute atomic E-state index is 13.1. The molecule has 202 valence electrons. The van der Waals surface area contributed by atoms with Crippen molar-refractivity contribution < 1.29 is 19.2 Å². The minimum absolute atomic E-state index is 0.000738. The lowest BCUT2D eigenvalue weighted by Gasteiger charge is -2.37. The van der Waals surface area contributed by atoms with Crippen LogP contribution < -0.4 is 20.4 Å². The van der Waals surface area contributed by atoms with E-state index in [1.165, 1.54) is 12.1 Å². The average Bonchev–Trinajstić information content (AvgIpc) is 2.93. The topological polar surface area (TPSA) is 120 Å². The Labute approximate surface area is 226 Å². The number of hydrogen-bond donors (Lipinski definition) is 2. The summed E-state index contributed by atoms with van der Waals surface area (Å²) in [7, 11) is 0. The van der Waals surface area contributed by atoms with Gasteiger partial charge >= 0.3 is 0 Å². The van der Waals surface area contributed by atoms with Crippen LogP contribution in [0.4, 0.5) is 22.7 Å². The van der Waals surface area contributed by atoms with E-state index in [1.54, 1.807) is 6.07 Å². The molecule has 2 fully saturated rings. The van der Waals surface area contributed by atoms with Gasteiger partial charge in [0.05, 0.1) is 29.4 Å². The van der Waals surface area contributed by atoms with Gasteiger partial charge in [-0.15, -0.1) is 0 Å². The normalized spacial score (nSPS) is 15.8. The van der Waals surface area contributed by atoms with Gasteiger partial charge in [0.15, 0.2) is 5.11 Å². The monoisotopic (exact) mass is 540 g/mol. The van der Waals surface area contributed by atoms with Crippen LogP contribution in [-0.2, 0) is 9.53 Å². The predicted molar refractivity (Wildman–Crippen MR) is 150 cm³/mol. The van der Waals surface area contributed by atoms with E-state index in [0.29, 0.717) is 50.8 Å². The Hall–Kier alpha value is -3.77. The zero-order chi connectivity index (χ0) is 27.2. The molecule has 0 unspecified atom stereocenters. The van der Waals surface area contributed by atoms with Crippen LogP contribution in [0.3, 0.4) is 0 Å². The number of ether oxygens (including phenoxy) is 1. The lowest BCUT2D eigenvalue weighted by Crippen LogP contribution is -2.49. The summed E-state index contributed by atoms with van der Waals surface area (Å²) in [5.74, 6) is -0.348. The number of benzene rings is 2. The van der Waals surface area contributed by atoms with E-state index in [-0.39, 0.29) is 28.2 Å². The number of non-ortho nitro benzene ring substituents is 1. The molecule has 11 nitrogen and oxygen atoms in total. The number of anilines is 3. The molecule has 0 atom stereocenters. The lowest BCUT2D eigenvalue weighted by atomic mass is 10.1. The van der Waals surface area contributed by atoms with Crippen LogP contribution in [0.15, 0.2) is 42.5 Å². The molecule has 2 N–H and O–H groups in total. The van der Waals surface area contributed by atoms with Crippen molar-refractivity contribution >= 4 is 51.9 Å². The largest absolute Gasteiger partial charge is 0.378 e. The standard InChI is InChI=1S/C26H32N6O5S/c1-18(2)25(34)31-11-9-29(10-12-31)20-5-3-19(4-6-20)27-26(38)28-24(33)22-17-21(32(35)36)7-8-23(22)30-13-15-37-16-14-30/h3-8,17-18H,9-16H2,1-2H3,(H2,27,28,33,38). The summed E-state index contributed by atoms with van der Waals surface area (Å²) in [5, 5.41) is 17.1. The first-order valence-electron chi connectivity index (χ1n) is 12.6. The number of morpholine rings is 1. The molecule has 0 spiro atoms. The van der Waals surface area contributed by atoms with Crippen molar-refractivity contribution in [3.05, 3.63) is 58.1 Å². The summed E-state index contributed by atoms with van der Waals surface area (Å²) in [5.41, 5.74) is 2.33. The van der Waals surface area contributed by atoms with Crippen molar-refractivity contribution in [2.75, 3.05) is 67.6 Å². The Balaban J connectivity index is 1.37. The van der Waals surface area contributed by atoms with E-state index < -0.39 is 10.8 Å². The lowest BCUT2D eigenvalue weighted by molar-refractivity contribution is -0.384. The van der Waals surface area contributed by atoms with Crippen molar-refractivity contribution in [1.82, 2.24) is 10.2 Å². The quantitative estimate of drug-likeness (QED) is 0.324. The van der Waals surface area contributed by atoms with Crippen LogP contribution >= 0.6 is 12.2 Å². The van der Waals surface area contributed by atoms with Gasteiger partial charge in [0.1, 0.15) is 0 Å². The summed E-state index contributed by atoms with van der Waals surface area (Å²) in [4.78, 5) is 42.2. The second kappa shape index (κ2) is 12.2. The third kappa shape index (κ3) is 6.56. The van der Waals surface area contributed by atoms with Gasteiger partial charge in [-0.1, -0.05) is 13.8 Å². The van der Waals surface area contributed by atoms with Gasteiger partial charge in [-0.25, -0.2) is 0 Å². The van der Waals surface area contributed by atoms with Crippen LogP contribution in [0.5, 0.6) is 0 Å². The highest BCUT2D eigenvalue weighted by molar-refractivity contribution is 7.80. The second-order valence-electron chi connectivity index (χ2n) is 9.48. The molecule has 2 aliphatic rings. The van der Waals surface area contributed by atoms with Crippen molar-refractivity contribution in [1.29, 1.82) is 0 Å². The van der Waals surface area contributed by atoms with E-state index in [1.807, 2.05) is 47.9 Å². The fourth-order valence-electron chi connectivity index (χ4n) is 4.54. The van der Waals surface area contributed by atoms with Crippen LogP contribution in [0, 0.1) is 16.0 Å². The Bertz CT molecular complexity index is 1190. The van der Waals surface area contributed by atoms with Crippen molar-refractivity contribution in [3.63, 3.8) is 0 Å². The molecule has 38 heavy (non-hydrogen) atoms. The second-order valence-corrected chi connectivity index (χ2v) is 9.89. The van der Waals surface area contributed by atoms with Gasteiger partial charge in [0.25, 0.3) is 11.6 Å². The molecule has 0 radical (unpaired) electrons. The van der Waals surface area contributed by atoms with Crippen molar-refractivity contribution in [2.45, 2.75) is 13.8 Å². The zero-order valence-corrected chi connectivity index (χ0v) is 22.3. The predicted octanol–water partition coefficient (Wildman–Crippen LogP) is 2.86. The average molecular weight is 541 g/mol. The zero-order valence-electron chi connectivity index (χ0n) is 21.5. The third-order valence-corrected chi connectivity index (χ3v) is 6.79. The molecule has 12 heteroatoms. The maximum atomic E-state index is 13.1. The first kappa shape index (κ1) is 27.3. The summed E-state index contributed by atoms with van der Waals surface area (Å²) in [6.07, 6.45) is 0. The number of nitrogens with one attached hydrogen (secondary N) is 2. The van der Waals surface area contributed by atoms with Gasteiger partial charge in [0.2, 0.25) is 5.91 Å². The third-order valence-electron chi connectivity index (χ3n) is 6.59. The number of hydrogen-bond acceptors (Lipinski definition) is 8. The van der Waals surface area contributed by atoms with E-state index in [9.17, 15) is 19.7 Å². The molecular formula is C26H32N6O5S. The first-order valence-corrected chi connectivity index (χ1v) is 13.0. The SMILES string of the molecule is CC(C)C(=O)N1CCN(c2ccc(NC(=S)NC(=O)c3cc([N+](=O)[O-])ccc3N3CCOCC3)cc2)CC1. The number of rotatable bonds is 6. The molecule has 0 bridgehead atoms. The number of piperazine rings is 1. The number of nitrogens with zero attached hydrogens (tertiary/aromatic N) is 4. The minimum atomic E-state index is -0.530. The van der Waals surface area contributed by atoms with E-state index in [4.69, 9.17) is 17.0 Å². The summed E-state index contributed by atoms with van der Waals surface area (Å²) in [6, 6.07) is 11.9. The first-order chi connectivity index (χ1) is 18.2. The number of carbonyl (C=O) groups is 2. The molecule has 2 amide bonds. The Morgan fingerprint density at radius 1 is 0.974 bits per heavy atom. The number of carbonyl (C=O) groups excluding carboxylic acids is 2. The summed E-state index contributed by atoms with van der Waals surface area (Å²) < 4.78 is 5.38. The maximum Gasteiger partial charge on any atom is 0.270 e. The number of thiocarbonyl (C=S) groups is 1. The van der Waals surface area contributed by atoms with Crippen molar-refractivity contribution in [3.8, 4) is 0 Å².